The van der Waals surface area contributed by atoms with Crippen LogP contribution in [-0.2, 0) is 16.7 Å². The molecule has 5 heteroatoms. The van der Waals surface area contributed by atoms with Gasteiger partial charge in [0.2, 0.25) is 0 Å². The molecule has 0 unspecified atom stereocenters. The summed E-state index contributed by atoms with van der Waals surface area (Å²) in [5, 5.41) is 17.9. The highest BCUT2D eigenvalue weighted by Gasteiger charge is 2.30. The molecule has 1 aromatic heterocycles. The topological polar surface area (TPSA) is 60.2 Å². The van der Waals surface area contributed by atoms with E-state index in [1.165, 1.54) is 0 Å². The lowest BCUT2D eigenvalue weighted by Gasteiger charge is -2.32. The molecule has 1 rings (SSSR count). The quantitative estimate of drug-likeness (QED) is 0.520. The number of hydrogen-bond acceptors (Lipinski definition) is 4. The lowest BCUT2D eigenvalue weighted by molar-refractivity contribution is -0.0646. The van der Waals surface area contributed by atoms with E-state index in [-0.39, 0.29) is 23.2 Å². The van der Waals surface area contributed by atoms with E-state index in [2.05, 4.69) is 58.8 Å². The SMILES string of the molecule is CC.CC.CC(C)(C)CC(C)(C)Cc1cn(C(C)(C)COC(C)(C)CCO)nn1. The van der Waals surface area contributed by atoms with Gasteiger partial charge in [-0.3, -0.25) is 0 Å². The molecule has 0 spiro atoms. The molecule has 1 aromatic rings. The monoisotopic (exact) mass is 413 g/mol. The van der Waals surface area contributed by atoms with E-state index in [1.54, 1.807) is 0 Å². The van der Waals surface area contributed by atoms with Crippen molar-refractivity contribution in [3.05, 3.63) is 11.9 Å². The van der Waals surface area contributed by atoms with Crippen molar-refractivity contribution in [2.24, 2.45) is 10.8 Å². The summed E-state index contributed by atoms with van der Waals surface area (Å²) < 4.78 is 7.92. The first-order valence-corrected chi connectivity index (χ1v) is 11.3. The molecule has 0 bridgehead atoms. The number of hydrogen-bond donors (Lipinski definition) is 1. The third kappa shape index (κ3) is 13.1. The second kappa shape index (κ2) is 12.7. The van der Waals surface area contributed by atoms with Gasteiger partial charge in [0.05, 0.1) is 23.4 Å². The van der Waals surface area contributed by atoms with Crippen molar-refractivity contribution in [1.29, 1.82) is 0 Å². The van der Waals surface area contributed by atoms with Crippen LogP contribution < -0.4 is 0 Å². The molecule has 0 aliphatic rings. The smallest absolute Gasteiger partial charge is 0.0832 e. The van der Waals surface area contributed by atoms with Crippen LogP contribution in [0.2, 0.25) is 0 Å². The predicted molar refractivity (Wildman–Crippen MR) is 125 cm³/mol. The molecule has 0 aliphatic heterocycles. The number of nitrogens with zero attached hydrogens (tertiary/aromatic N) is 3. The van der Waals surface area contributed by atoms with Crippen molar-refractivity contribution in [1.82, 2.24) is 15.0 Å². The second-order valence-electron chi connectivity index (χ2n) is 10.6. The molecule has 0 atom stereocenters. The molecule has 0 fully saturated rings. The van der Waals surface area contributed by atoms with Crippen LogP contribution >= 0.6 is 0 Å². The van der Waals surface area contributed by atoms with Gasteiger partial charge in [0, 0.05) is 12.8 Å². The molecule has 29 heavy (non-hydrogen) atoms. The third-order valence-electron chi connectivity index (χ3n) is 4.36. The first-order chi connectivity index (χ1) is 13.2. The van der Waals surface area contributed by atoms with Gasteiger partial charge in [-0.2, -0.15) is 0 Å². The number of aliphatic hydroxyl groups is 1. The zero-order chi connectivity index (χ0) is 23.5. The largest absolute Gasteiger partial charge is 0.396 e. The first-order valence-electron chi connectivity index (χ1n) is 11.3. The highest BCUT2D eigenvalue weighted by Crippen LogP contribution is 2.35. The molecule has 0 aliphatic carbocycles. The van der Waals surface area contributed by atoms with E-state index in [4.69, 9.17) is 9.84 Å². The van der Waals surface area contributed by atoms with Gasteiger partial charge >= 0.3 is 0 Å². The summed E-state index contributed by atoms with van der Waals surface area (Å²) in [5.74, 6) is 0. The molecule has 174 valence electrons. The van der Waals surface area contributed by atoms with Crippen molar-refractivity contribution in [2.75, 3.05) is 13.2 Å². The molecule has 0 saturated heterocycles. The van der Waals surface area contributed by atoms with Crippen LogP contribution in [0.15, 0.2) is 6.20 Å². The summed E-state index contributed by atoms with van der Waals surface area (Å²) >= 11 is 0. The van der Waals surface area contributed by atoms with Gasteiger partial charge in [0.1, 0.15) is 0 Å². The highest BCUT2D eigenvalue weighted by atomic mass is 16.5. The average molecular weight is 414 g/mol. The Labute approximate surface area is 181 Å². The summed E-state index contributed by atoms with van der Waals surface area (Å²) in [4.78, 5) is 0. The van der Waals surface area contributed by atoms with E-state index in [0.29, 0.717) is 18.4 Å². The minimum Gasteiger partial charge on any atom is -0.396 e. The standard InChI is InChI=1S/C20H39N3O2.2C2H6/c1-17(2,3)14-18(4,5)12-16-13-23(22-21-16)19(6,7)15-25-20(8,9)10-11-24;2*1-2/h13,24H,10-12,14-15H2,1-9H3;2*1-2H3. The minimum absolute atomic E-state index is 0.129. The van der Waals surface area contributed by atoms with Gasteiger partial charge in [0.15, 0.2) is 0 Å². The van der Waals surface area contributed by atoms with Gasteiger partial charge in [0.25, 0.3) is 0 Å². The summed E-state index contributed by atoms with van der Waals surface area (Å²) in [6.45, 7) is 28.3. The molecule has 0 amide bonds. The Bertz CT molecular complexity index is 541. The zero-order valence-corrected chi connectivity index (χ0v) is 21.8. The van der Waals surface area contributed by atoms with Gasteiger partial charge in [-0.25, -0.2) is 4.68 Å². The molecular formula is C24H51N3O2. The normalized spacial score (nSPS) is 12.6. The van der Waals surface area contributed by atoms with Crippen molar-refractivity contribution in [2.45, 2.75) is 120 Å². The lowest BCUT2D eigenvalue weighted by atomic mass is 9.74. The number of ether oxygens (including phenoxy) is 1. The highest BCUT2D eigenvalue weighted by molar-refractivity contribution is 5.00. The van der Waals surface area contributed by atoms with Crippen LogP contribution in [0.3, 0.4) is 0 Å². The van der Waals surface area contributed by atoms with Crippen molar-refractivity contribution in [3.63, 3.8) is 0 Å². The van der Waals surface area contributed by atoms with Crippen LogP contribution in [-0.4, -0.2) is 38.9 Å². The van der Waals surface area contributed by atoms with Crippen LogP contribution in [0.5, 0.6) is 0 Å². The maximum atomic E-state index is 9.13. The van der Waals surface area contributed by atoms with Crippen LogP contribution in [0.25, 0.3) is 0 Å². The molecule has 0 radical (unpaired) electrons. The fourth-order valence-corrected chi connectivity index (χ4v) is 3.44. The third-order valence-corrected chi connectivity index (χ3v) is 4.36. The van der Waals surface area contributed by atoms with Crippen molar-refractivity contribution >= 4 is 0 Å². The Morgan fingerprint density at radius 1 is 0.931 bits per heavy atom. The molecular weight excluding hydrogens is 362 g/mol. The van der Waals surface area contributed by atoms with E-state index in [0.717, 1.165) is 18.5 Å². The second-order valence-corrected chi connectivity index (χ2v) is 10.6. The number of aliphatic hydroxyl groups excluding tert-OH is 1. The fourth-order valence-electron chi connectivity index (χ4n) is 3.44. The van der Waals surface area contributed by atoms with Gasteiger partial charge in [-0.1, -0.05) is 67.5 Å². The Morgan fingerprint density at radius 2 is 1.45 bits per heavy atom. The van der Waals surface area contributed by atoms with Crippen LogP contribution in [0.4, 0.5) is 0 Å². The molecule has 5 nitrogen and oxygen atoms in total. The Morgan fingerprint density at radius 3 is 1.90 bits per heavy atom. The average Bonchev–Trinajstić information content (AvgIpc) is 3.03. The summed E-state index contributed by atoms with van der Waals surface area (Å²) in [5.41, 5.74) is 0.876. The van der Waals surface area contributed by atoms with E-state index in [1.807, 2.05) is 52.4 Å². The maximum Gasteiger partial charge on any atom is 0.0832 e. The Balaban J connectivity index is 0. The zero-order valence-electron chi connectivity index (χ0n) is 21.8. The summed E-state index contributed by atoms with van der Waals surface area (Å²) in [6, 6.07) is 0. The van der Waals surface area contributed by atoms with Crippen molar-refractivity contribution < 1.29 is 9.84 Å². The summed E-state index contributed by atoms with van der Waals surface area (Å²) in [6.07, 6.45) is 4.71. The first kappa shape index (κ1) is 30.3. The molecule has 1 heterocycles. The van der Waals surface area contributed by atoms with Gasteiger partial charge < -0.3 is 9.84 Å². The van der Waals surface area contributed by atoms with Gasteiger partial charge in [-0.15, -0.1) is 5.10 Å². The predicted octanol–water partition coefficient (Wildman–Crippen LogP) is 6.25. The van der Waals surface area contributed by atoms with Crippen LogP contribution in [0, 0.1) is 10.8 Å². The number of rotatable bonds is 9. The minimum atomic E-state index is -0.343. The van der Waals surface area contributed by atoms with E-state index >= 15 is 0 Å². The Hall–Kier alpha value is -0.940. The summed E-state index contributed by atoms with van der Waals surface area (Å²) in [7, 11) is 0. The van der Waals surface area contributed by atoms with Crippen LogP contribution in [0.1, 0.15) is 109 Å². The molecule has 0 saturated carbocycles. The maximum absolute atomic E-state index is 9.13. The fraction of sp³-hybridized carbons (Fsp3) is 0.917. The Kier molecular flexibility index (Phi) is 13.2. The van der Waals surface area contributed by atoms with Gasteiger partial charge in [-0.05, 0) is 57.8 Å². The van der Waals surface area contributed by atoms with E-state index in [9.17, 15) is 0 Å². The number of aromatic nitrogens is 3. The molecule has 0 aromatic carbocycles. The molecule has 1 N–H and O–H groups in total. The van der Waals surface area contributed by atoms with Crippen molar-refractivity contribution in [3.8, 4) is 0 Å². The lowest BCUT2D eigenvalue weighted by Crippen LogP contribution is -2.38. The van der Waals surface area contributed by atoms with E-state index < -0.39 is 0 Å².